The molecule has 0 unspecified atom stereocenters. The van der Waals surface area contributed by atoms with Crippen molar-refractivity contribution in [2.75, 3.05) is 25.1 Å². The molecule has 1 heterocycles. The zero-order valence-corrected chi connectivity index (χ0v) is 14.5. The highest BCUT2D eigenvalue weighted by molar-refractivity contribution is 5.94. The first-order chi connectivity index (χ1) is 12.3. The Balaban J connectivity index is 1.58. The largest absolute Gasteiger partial charge is 0.494 e. The highest BCUT2D eigenvalue weighted by Gasteiger charge is 2.19. The number of unbranched alkanes of at least 4 members (excludes halogenated alkanes) is 1. The third-order valence-corrected chi connectivity index (χ3v) is 4.06. The van der Waals surface area contributed by atoms with Gasteiger partial charge in [-0.3, -0.25) is 4.79 Å². The summed E-state index contributed by atoms with van der Waals surface area (Å²) in [5, 5.41) is 6.34. The van der Waals surface area contributed by atoms with Gasteiger partial charge in [0.15, 0.2) is 0 Å². The summed E-state index contributed by atoms with van der Waals surface area (Å²) < 4.78 is 11.5. The second-order valence-corrected chi connectivity index (χ2v) is 6.09. The minimum absolute atomic E-state index is 0.107. The Kier molecular flexibility index (Phi) is 5.77. The van der Waals surface area contributed by atoms with Crippen LogP contribution in [0.2, 0.25) is 0 Å². The minimum Gasteiger partial charge on any atom is -0.494 e. The predicted octanol–water partition coefficient (Wildman–Crippen LogP) is 3.47. The van der Waals surface area contributed by atoms with Crippen LogP contribution in [0.4, 0.5) is 5.69 Å². The molecule has 0 fully saturated rings. The van der Waals surface area contributed by atoms with Crippen LogP contribution in [-0.2, 0) is 0 Å². The Bertz CT molecular complexity index is 691. The molecule has 25 heavy (non-hydrogen) atoms. The summed E-state index contributed by atoms with van der Waals surface area (Å²) in [4.78, 5) is 12.5. The molecule has 3 rings (SSSR count). The van der Waals surface area contributed by atoms with Gasteiger partial charge < -0.3 is 20.1 Å². The summed E-state index contributed by atoms with van der Waals surface area (Å²) in [6, 6.07) is 15.0. The van der Waals surface area contributed by atoms with Crippen molar-refractivity contribution in [2.45, 2.75) is 25.8 Å². The van der Waals surface area contributed by atoms with E-state index in [-0.39, 0.29) is 11.9 Å². The molecular formula is C20H24N2O3. The van der Waals surface area contributed by atoms with E-state index in [1.54, 1.807) is 12.1 Å². The summed E-state index contributed by atoms with van der Waals surface area (Å²) in [7, 11) is 0. The molecule has 0 aromatic heterocycles. The third-order valence-electron chi connectivity index (χ3n) is 4.06. The van der Waals surface area contributed by atoms with Gasteiger partial charge in [-0.2, -0.15) is 0 Å². The van der Waals surface area contributed by atoms with E-state index in [2.05, 4.69) is 17.6 Å². The lowest BCUT2D eigenvalue weighted by atomic mass is 10.2. The molecule has 0 aliphatic carbocycles. The molecule has 5 nitrogen and oxygen atoms in total. The lowest BCUT2D eigenvalue weighted by molar-refractivity contribution is 0.0926. The van der Waals surface area contributed by atoms with E-state index in [9.17, 15) is 4.79 Å². The van der Waals surface area contributed by atoms with Gasteiger partial charge in [0.2, 0.25) is 0 Å². The molecule has 2 N–H and O–H groups in total. The number of benzene rings is 2. The number of nitrogens with one attached hydrogen (secondary N) is 2. The van der Waals surface area contributed by atoms with Crippen molar-refractivity contribution >= 4 is 11.6 Å². The summed E-state index contributed by atoms with van der Waals surface area (Å²) in [6.07, 6.45) is 2.08. The minimum atomic E-state index is -0.123. The molecular weight excluding hydrogens is 316 g/mol. The highest BCUT2D eigenvalue weighted by Crippen LogP contribution is 2.25. The molecule has 132 valence electrons. The van der Waals surface area contributed by atoms with Crippen LogP contribution in [0, 0.1) is 0 Å². The van der Waals surface area contributed by atoms with Gasteiger partial charge in [0.1, 0.15) is 18.1 Å². The van der Waals surface area contributed by atoms with Gasteiger partial charge >= 0.3 is 0 Å². The van der Waals surface area contributed by atoms with Gasteiger partial charge in [-0.25, -0.2) is 0 Å². The fourth-order valence-corrected chi connectivity index (χ4v) is 2.64. The predicted molar refractivity (Wildman–Crippen MR) is 98.5 cm³/mol. The van der Waals surface area contributed by atoms with Gasteiger partial charge in [-0.1, -0.05) is 31.5 Å². The van der Waals surface area contributed by atoms with Gasteiger partial charge in [0.25, 0.3) is 5.91 Å². The highest BCUT2D eigenvalue weighted by atomic mass is 16.5. The number of ether oxygens (including phenoxy) is 2. The van der Waals surface area contributed by atoms with E-state index in [4.69, 9.17) is 9.47 Å². The van der Waals surface area contributed by atoms with Crippen LogP contribution in [0.5, 0.6) is 11.5 Å². The summed E-state index contributed by atoms with van der Waals surface area (Å²) in [5.74, 6) is 1.41. The zero-order chi connectivity index (χ0) is 17.5. The van der Waals surface area contributed by atoms with E-state index >= 15 is 0 Å². The lowest BCUT2D eigenvalue weighted by Gasteiger charge is -2.16. The van der Waals surface area contributed by atoms with E-state index < -0.39 is 0 Å². The Labute approximate surface area is 148 Å². The molecule has 1 amide bonds. The number of carbonyl (C=O) groups excluding carboxylic acids is 1. The maximum atomic E-state index is 12.5. The van der Waals surface area contributed by atoms with Crippen LogP contribution in [0.3, 0.4) is 0 Å². The number of para-hydroxylation sites is 2. The molecule has 2 aromatic rings. The molecule has 1 aliphatic rings. The average molecular weight is 340 g/mol. The van der Waals surface area contributed by atoms with E-state index in [0.29, 0.717) is 25.3 Å². The maximum Gasteiger partial charge on any atom is 0.251 e. The number of amides is 1. The number of rotatable bonds is 6. The Morgan fingerprint density at radius 2 is 2.16 bits per heavy atom. The standard InChI is InChI=1S/C20H24N2O3/c1-2-3-11-24-17-8-6-7-15(12-17)20(23)22-16-13-21-18-9-4-5-10-19(18)25-14-16/h4-10,12,16,21H,2-3,11,13-14H2,1H3,(H,22,23)/t16-/m0/s1. The SMILES string of the molecule is CCCCOc1cccc(C(=O)N[C@H]2CNc3ccccc3OC2)c1. The van der Waals surface area contributed by atoms with Crippen LogP contribution < -0.4 is 20.1 Å². The lowest BCUT2D eigenvalue weighted by Crippen LogP contribution is -2.42. The molecule has 0 saturated heterocycles. The normalized spacial score (nSPS) is 16.0. The van der Waals surface area contributed by atoms with Crippen LogP contribution in [0.25, 0.3) is 0 Å². The fraction of sp³-hybridized carbons (Fsp3) is 0.350. The van der Waals surface area contributed by atoms with Crippen molar-refractivity contribution < 1.29 is 14.3 Å². The summed E-state index contributed by atoms with van der Waals surface area (Å²) >= 11 is 0. The number of carbonyl (C=O) groups is 1. The van der Waals surface area contributed by atoms with Crippen LogP contribution >= 0.6 is 0 Å². The first-order valence-corrected chi connectivity index (χ1v) is 8.75. The number of hydrogen-bond acceptors (Lipinski definition) is 4. The zero-order valence-electron chi connectivity index (χ0n) is 14.5. The van der Waals surface area contributed by atoms with Crippen molar-refractivity contribution in [1.29, 1.82) is 0 Å². The van der Waals surface area contributed by atoms with Gasteiger partial charge in [0.05, 0.1) is 18.3 Å². The summed E-state index contributed by atoms with van der Waals surface area (Å²) in [5.41, 5.74) is 1.54. The van der Waals surface area contributed by atoms with Crippen molar-refractivity contribution in [2.24, 2.45) is 0 Å². The molecule has 1 aliphatic heterocycles. The van der Waals surface area contributed by atoms with Gasteiger partial charge in [0, 0.05) is 12.1 Å². The molecule has 0 saturated carbocycles. The van der Waals surface area contributed by atoms with Crippen LogP contribution in [0.1, 0.15) is 30.1 Å². The Morgan fingerprint density at radius 1 is 1.28 bits per heavy atom. The Hall–Kier alpha value is -2.69. The first kappa shape index (κ1) is 17.1. The monoisotopic (exact) mass is 340 g/mol. The van der Waals surface area contributed by atoms with Gasteiger partial charge in [-0.05, 0) is 36.8 Å². The second-order valence-electron chi connectivity index (χ2n) is 6.09. The van der Waals surface area contributed by atoms with E-state index in [1.807, 2.05) is 36.4 Å². The fourth-order valence-electron chi connectivity index (χ4n) is 2.64. The smallest absolute Gasteiger partial charge is 0.251 e. The Morgan fingerprint density at radius 3 is 3.04 bits per heavy atom. The van der Waals surface area contributed by atoms with Crippen molar-refractivity contribution in [1.82, 2.24) is 5.32 Å². The number of hydrogen-bond donors (Lipinski definition) is 2. The third kappa shape index (κ3) is 4.66. The number of anilines is 1. The van der Waals surface area contributed by atoms with Crippen molar-refractivity contribution in [3.63, 3.8) is 0 Å². The second kappa shape index (κ2) is 8.42. The molecule has 2 aromatic carbocycles. The maximum absolute atomic E-state index is 12.5. The number of fused-ring (bicyclic) bond motifs is 1. The average Bonchev–Trinajstić information content (AvgIpc) is 2.85. The van der Waals surface area contributed by atoms with Crippen molar-refractivity contribution in [3.05, 3.63) is 54.1 Å². The van der Waals surface area contributed by atoms with E-state index in [0.717, 1.165) is 30.0 Å². The quantitative estimate of drug-likeness (QED) is 0.791. The van der Waals surface area contributed by atoms with Crippen LogP contribution in [-0.4, -0.2) is 31.7 Å². The summed E-state index contributed by atoms with van der Waals surface area (Å²) in [6.45, 7) is 3.84. The topological polar surface area (TPSA) is 59.6 Å². The molecule has 5 heteroatoms. The molecule has 0 radical (unpaired) electrons. The first-order valence-electron chi connectivity index (χ1n) is 8.75. The van der Waals surface area contributed by atoms with Crippen molar-refractivity contribution in [3.8, 4) is 11.5 Å². The molecule has 0 spiro atoms. The van der Waals surface area contributed by atoms with Gasteiger partial charge in [-0.15, -0.1) is 0 Å². The van der Waals surface area contributed by atoms with E-state index in [1.165, 1.54) is 0 Å². The molecule has 0 bridgehead atoms. The molecule has 1 atom stereocenters. The van der Waals surface area contributed by atoms with Crippen LogP contribution in [0.15, 0.2) is 48.5 Å².